The zero-order chi connectivity index (χ0) is 23.3. The number of hydrogen-bond donors (Lipinski definition) is 2. The zero-order valence-corrected chi connectivity index (χ0v) is 18.7. The molecule has 0 saturated carbocycles. The Morgan fingerprint density at radius 2 is 1.69 bits per heavy atom. The van der Waals surface area contributed by atoms with Gasteiger partial charge < -0.3 is 20.2 Å². The lowest BCUT2D eigenvalue weighted by Gasteiger charge is -2.35. The molecule has 1 aromatic carbocycles. The van der Waals surface area contributed by atoms with Crippen LogP contribution in [0.4, 0.5) is 4.79 Å². The summed E-state index contributed by atoms with van der Waals surface area (Å²) in [5, 5.41) is 12.0. The van der Waals surface area contributed by atoms with Crippen LogP contribution in [0.15, 0.2) is 36.4 Å². The van der Waals surface area contributed by atoms with E-state index >= 15 is 0 Å². The van der Waals surface area contributed by atoms with Gasteiger partial charge in [-0.05, 0) is 12.3 Å². The number of halogens is 1. The van der Waals surface area contributed by atoms with Crippen molar-refractivity contribution in [2.75, 3.05) is 26.2 Å². The lowest BCUT2D eigenvalue weighted by Crippen LogP contribution is -2.56. The molecule has 3 rings (SSSR count). The van der Waals surface area contributed by atoms with E-state index in [0.29, 0.717) is 12.2 Å². The second-order valence-corrected chi connectivity index (χ2v) is 8.40. The molecule has 0 bridgehead atoms. The number of carbonyl (C=O) groups excluding carboxylic acids is 2. The number of piperazine rings is 1. The van der Waals surface area contributed by atoms with E-state index in [1.165, 1.54) is 11.0 Å². The van der Waals surface area contributed by atoms with Crippen molar-refractivity contribution >= 4 is 29.5 Å². The van der Waals surface area contributed by atoms with E-state index in [-0.39, 0.29) is 48.9 Å². The van der Waals surface area contributed by atoms with Crippen LogP contribution in [0.3, 0.4) is 0 Å². The largest absolute Gasteiger partial charge is 0.465 e. The molecular formula is C22H26ClN5O4. The highest BCUT2D eigenvalue weighted by molar-refractivity contribution is 6.29. The van der Waals surface area contributed by atoms with Crippen molar-refractivity contribution in [1.82, 2.24) is 25.1 Å². The second-order valence-electron chi connectivity index (χ2n) is 8.02. The summed E-state index contributed by atoms with van der Waals surface area (Å²) < 4.78 is 0. The molecule has 1 aliphatic heterocycles. The molecule has 2 aromatic rings. The van der Waals surface area contributed by atoms with Crippen LogP contribution in [0.1, 0.15) is 30.8 Å². The Kier molecular flexibility index (Phi) is 7.63. The molecule has 10 heteroatoms. The van der Waals surface area contributed by atoms with Gasteiger partial charge in [0.25, 0.3) is 5.91 Å². The van der Waals surface area contributed by atoms with E-state index in [0.717, 1.165) is 5.56 Å². The van der Waals surface area contributed by atoms with Gasteiger partial charge in [0, 0.05) is 37.8 Å². The first-order chi connectivity index (χ1) is 15.2. The zero-order valence-electron chi connectivity index (χ0n) is 18.0. The Labute approximate surface area is 191 Å². The Balaban J connectivity index is 1.76. The molecule has 1 atom stereocenters. The molecule has 170 valence electrons. The van der Waals surface area contributed by atoms with Gasteiger partial charge in [-0.25, -0.2) is 14.8 Å². The van der Waals surface area contributed by atoms with Crippen LogP contribution >= 0.6 is 11.6 Å². The summed E-state index contributed by atoms with van der Waals surface area (Å²) in [7, 11) is 0. The number of hydrogen-bond acceptors (Lipinski definition) is 5. The first kappa shape index (κ1) is 23.5. The highest BCUT2D eigenvalue weighted by atomic mass is 35.5. The SMILES string of the molecule is CC(C)C[C@H](NC(=O)c1cc(Cl)nc(-c2ccccc2)n1)C(=O)N1CCN(C(=O)O)CC1. The van der Waals surface area contributed by atoms with E-state index in [2.05, 4.69) is 15.3 Å². The molecule has 0 radical (unpaired) electrons. The molecule has 1 aromatic heterocycles. The Morgan fingerprint density at radius 1 is 1.06 bits per heavy atom. The van der Waals surface area contributed by atoms with Crippen molar-refractivity contribution in [2.24, 2.45) is 5.92 Å². The standard InChI is InChI=1S/C22H26ClN5O4/c1-14(2)12-17(21(30)27-8-10-28(11-9-27)22(31)32)25-20(29)16-13-18(23)26-19(24-16)15-6-4-3-5-7-15/h3-7,13-14,17H,8-12H2,1-2H3,(H,25,29)(H,31,32)/t17-/m0/s1. The van der Waals surface area contributed by atoms with Crippen molar-refractivity contribution in [3.63, 3.8) is 0 Å². The van der Waals surface area contributed by atoms with Gasteiger partial charge in [-0.3, -0.25) is 9.59 Å². The number of carbonyl (C=O) groups is 3. The van der Waals surface area contributed by atoms with Crippen molar-refractivity contribution in [1.29, 1.82) is 0 Å². The third kappa shape index (κ3) is 5.94. The fourth-order valence-electron chi connectivity index (χ4n) is 3.51. The van der Waals surface area contributed by atoms with Crippen LogP contribution in [0.5, 0.6) is 0 Å². The van der Waals surface area contributed by atoms with Gasteiger partial charge in [-0.15, -0.1) is 0 Å². The second kappa shape index (κ2) is 10.4. The van der Waals surface area contributed by atoms with Gasteiger partial charge in [0.2, 0.25) is 5.91 Å². The third-order valence-corrected chi connectivity index (χ3v) is 5.33. The minimum Gasteiger partial charge on any atom is -0.465 e. The quantitative estimate of drug-likeness (QED) is 0.642. The molecule has 0 spiro atoms. The van der Waals surface area contributed by atoms with Gasteiger partial charge in [-0.2, -0.15) is 0 Å². The van der Waals surface area contributed by atoms with Crippen molar-refractivity contribution in [2.45, 2.75) is 26.3 Å². The molecule has 1 aliphatic rings. The predicted molar refractivity (Wildman–Crippen MR) is 119 cm³/mol. The van der Waals surface area contributed by atoms with Crippen molar-refractivity contribution in [3.8, 4) is 11.4 Å². The van der Waals surface area contributed by atoms with Crippen LogP contribution < -0.4 is 5.32 Å². The molecule has 1 saturated heterocycles. The highest BCUT2D eigenvalue weighted by Crippen LogP contribution is 2.18. The molecule has 1 fully saturated rings. The molecule has 2 heterocycles. The van der Waals surface area contributed by atoms with Gasteiger partial charge in [0.1, 0.15) is 16.9 Å². The number of rotatable bonds is 6. The predicted octanol–water partition coefficient (Wildman–Crippen LogP) is 2.76. The minimum atomic E-state index is -1.00. The molecule has 2 N–H and O–H groups in total. The highest BCUT2D eigenvalue weighted by Gasteiger charge is 2.31. The molecule has 0 aliphatic carbocycles. The van der Waals surface area contributed by atoms with E-state index in [1.54, 1.807) is 4.90 Å². The number of benzene rings is 1. The monoisotopic (exact) mass is 459 g/mol. The number of amides is 3. The number of nitrogens with one attached hydrogen (secondary N) is 1. The molecule has 3 amide bonds. The normalized spacial score (nSPS) is 14.9. The van der Waals surface area contributed by atoms with E-state index < -0.39 is 18.0 Å². The van der Waals surface area contributed by atoms with Crippen LogP contribution in [0.25, 0.3) is 11.4 Å². The van der Waals surface area contributed by atoms with Crippen molar-refractivity contribution < 1.29 is 19.5 Å². The summed E-state index contributed by atoms with van der Waals surface area (Å²) in [6.45, 7) is 4.98. The Morgan fingerprint density at radius 3 is 2.28 bits per heavy atom. The van der Waals surface area contributed by atoms with Crippen LogP contribution in [0, 0.1) is 5.92 Å². The molecular weight excluding hydrogens is 434 g/mol. The summed E-state index contributed by atoms with van der Waals surface area (Å²) in [4.78, 5) is 48.6. The number of aromatic nitrogens is 2. The minimum absolute atomic E-state index is 0.0705. The first-order valence-electron chi connectivity index (χ1n) is 10.4. The maximum Gasteiger partial charge on any atom is 0.407 e. The lowest BCUT2D eigenvalue weighted by atomic mass is 10.0. The third-order valence-electron chi connectivity index (χ3n) is 5.13. The fraction of sp³-hybridized carbons (Fsp3) is 0.409. The molecule has 0 unspecified atom stereocenters. The average Bonchev–Trinajstić information content (AvgIpc) is 2.78. The summed E-state index contributed by atoms with van der Waals surface area (Å²) in [5.41, 5.74) is 0.788. The van der Waals surface area contributed by atoms with Crippen molar-refractivity contribution in [3.05, 3.63) is 47.2 Å². The first-order valence-corrected chi connectivity index (χ1v) is 10.8. The van der Waals surface area contributed by atoms with Gasteiger partial charge in [-0.1, -0.05) is 55.8 Å². The van der Waals surface area contributed by atoms with Crippen LogP contribution in [0.2, 0.25) is 5.15 Å². The molecule has 9 nitrogen and oxygen atoms in total. The smallest absolute Gasteiger partial charge is 0.407 e. The van der Waals surface area contributed by atoms with Gasteiger partial charge in [0.15, 0.2) is 5.82 Å². The maximum absolute atomic E-state index is 13.1. The number of carboxylic acid groups (broad SMARTS) is 1. The fourth-order valence-corrected chi connectivity index (χ4v) is 3.70. The van der Waals surface area contributed by atoms with Crippen LogP contribution in [-0.4, -0.2) is 75.0 Å². The van der Waals surface area contributed by atoms with E-state index in [4.69, 9.17) is 16.7 Å². The van der Waals surface area contributed by atoms with E-state index in [1.807, 2.05) is 44.2 Å². The Hall–Kier alpha value is -3.20. The Bertz CT molecular complexity index is 978. The average molecular weight is 460 g/mol. The summed E-state index contributed by atoms with van der Waals surface area (Å²) in [6, 6.07) is 9.77. The lowest BCUT2D eigenvalue weighted by molar-refractivity contribution is -0.135. The van der Waals surface area contributed by atoms with Gasteiger partial charge in [0.05, 0.1) is 0 Å². The summed E-state index contributed by atoms with van der Waals surface area (Å²) in [6.07, 6.45) is -0.562. The van der Waals surface area contributed by atoms with Crippen LogP contribution in [-0.2, 0) is 4.79 Å². The topological polar surface area (TPSA) is 116 Å². The summed E-state index contributed by atoms with van der Waals surface area (Å²) in [5.74, 6) is -0.284. The molecule has 32 heavy (non-hydrogen) atoms. The summed E-state index contributed by atoms with van der Waals surface area (Å²) >= 11 is 6.13. The van der Waals surface area contributed by atoms with E-state index in [9.17, 15) is 14.4 Å². The number of nitrogens with zero attached hydrogens (tertiary/aromatic N) is 4. The van der Waals surface area contributed by atoms with Gasteiger partial charge >= 0.3 is 6.09 Å². The maximum atomic E-state index is 13.1.